The number of carbonyl (C=O) groups excluding carboxylic acids is 2. The number of aromatic nitrogens is 2. The molecule has 8 nitrogen and oxygen atoms in total. The van der Waals surface area contributed by atoms with Crippen LogP contribution in [0.15, 0.2) is 36.7 Å². The first-order valence-electron chi connectivity index (χ1n) is 8.74. The van der Waals surface area contributed by atoms with Crippen molar-refractivity contribution in [3.8, 4) is 11.8 Å². The molecular formula is C20H24N6O2. The molecule has 0 aliphatic rings. The van der Waals surface area contributed by atoms with Crippen LogP contribution in [-0.2, 0) is 16.0 Å². The summed E-state index contributed by atoms with van der Waals surface area (Å²) in [6.07, 6.45) is 3.51. The van der Waals surface area contributed by atoms with Gasteiger partial charge in [-0.1, -0.05) is 24.0 Å². The van der Waals surface area contributed by atoms with E-state index in [9.17, 15) is 9.59 Å². The van der Waals surface area contributed by atoms with Crippen LogP contribution in [0, 0.1) is 11.8 Å². The first kappa shape index (κ1) is 20.7. The molecule has 2 aromatic rings. The predicted molar refractivity (Wildman–Crippen MR) is 108 cm³/mol. The summed E-state index contributed by atoms with van der Waals surface area (Å²) in [4.78, 5) is 33.2. The molecule has 1 unspecified atom stereocenters. The minimum atomic E-state index is -0.603. The van der Waals surface area contributed by atoms with Gasteiger partial charge in [0, 0.05) is 33.0 Å². The summed E-state index contributed by atoms with van der Waals surface area (Å²) in [6, 6.07) is 6.97. The molecule has 1 heterocycles. The molecule has 2 amide bonds. The lowest BCUT2D eigenvalue weighted by atomic mass is 10.0. The Morgan fingerprint density at radius 3 is 2.50 bits per heavy atom. The van der Waals surface area contributed by atoms with Crippen molar-refractivity contribution in [2.24, 2.45) is 0 Å². The molecule has 2 rings (SSSR count). The van der Waals surface area contributed by atoms with Crippen LogP contribution in [-0.4, -0.2) is 48.5 Å². The van der Waals surface area contributed by atoms with Gasteiger partial charge < -0.3 is 21.3 Å². The zero-order valence-corrected chi connectivity index (χ0v) is 16.2. The highest BCUT2D eigenvalue weighted by molar-refractivity contribution is 5.86. The lowest BCUT2D eigenvalue weighted by Gasteiger charge is -2.16. The van der Waals surface area contributed by atoms with Gasteiger partial charge in [0.25, 0.3) is 0 Å². The Morgan fingerprint density at radius 2 is 1.93 bits per heavy atom. The Kier molecular flexibility index (Phi) is 7.34. The van der Waals surface area contributed by atoms with E-state index in [0.717, 1.165) is 11.1 Å². The van der Waals surface area contributed by atoms with Crippen LogP contribution in [0.4, 0.5) is 11.6 Å². The molecule has 0 radical (unpaired) electrons. The monoisotopic (exact) mass is 380 g/mol. The van der Waals surface area contributed by atoms with Gasteiger partial charge in [-0.25, -0.2) is 9.97 Å². The molecule has 0 spiro atoms. The predicted octanol–water partition coefficient (Wildman–Crippen LogP) is 0.340. The highest BCUT2D eigenvalue weighted by Gasteiger charge is 2.18. The van der Waals surface area contributed by atoms with Gasteiger partial charge in [0.15, 0.2) is 0 Å². The average Bonchev–Trinajstić information content (AvgIpc) is 2.68. The van der Waals surface area contributed by atoms with E-state index in [1.165, 1.54) is 13.1 Å². The first-order chi connectivity index (χ1) is 13.4. The fourth-order valence-corrected chi connectivity index (χ4v) is 2.46. The maximum atomic E-state index is 11.9. The van der Waals surface area contributed by atoms with Gasteiger partial charge in [0.2, 0.25) is 11.8 Å². The zero-order valence-electron chi connectivity index (χ0n) is 16.2. The molecule has 0 fully saturated rings. The fraction of sp³-hybridized carbons (Fsp3) is 0.300. The zero-order chi connectivity index (χ0) is 20.5. The molecule has 0 aliphatic heterocycles. The van der Waals surface area contributed by atoms with Crippen molar-refractivity contribution in [1.29, 1.82) is 0 Å². The Labute approximate surface area is 164 Å². The largest absolute Gasteiger partial charge is 0.382 e. The number of anilines is 2. The van der Waals surface area contributed by atoms with E-state index in [1.807, 2.05) is 36.2 Å². The second-order valence-corrected chi connectivity index (χ2v) is 6.23. The van der Waals surface area contributed by atoms with E-state index < -0.39 is 6.04 Å². The van der Waals surface area contributed by atoms with E-state index >= 15 is 0 Å². The van der Waals surface area contributed by atoms with Crippen molar-refractivity contribution in [1.82, 2.24) is 20.6 Å². The lowest BCUT2D eigenvalue weighted by Crippen LogP contribution is -2.46. The highest BCUT2D eigenvalue weighted by atomic mass is 16.2. The van der Waals surface area contributed by atoms with Crippen LogP contribution in [0.1, 0.15) is 18.1 Å². The molecule has 28 heavy (non-hydrogen) atoms. The van der Waals surface area contributed by atoms with Crippen molar-refractivity contribution < 1.29 is 9.59 Å². The topological polar surface area (TPSA) is 113 Å². The van der Waals surface area contributed by atoms with Crippen LogP contribution in [0.3, 0.4) is 0 Å². The van der Waals surface area contributed by atoms with Crippen molar-refractivity contribution in [2.75, 3.05) is 31.3 Å². The van der Waals surface area contributed by atoms with Crippen LogP contribution < -0.4 is 21.3 Å². The van der Waals surface area contributed by atoms with Gasteiger partial charge in [-0.3, -0.25) is 9.59 Å². The van der Waals surface area contributed by atoms with Gasteiger partial charge in [0.1, 0.15) is 17.7 Å². The molecule has 0 saturated heterocycles. The number of hydrogen-bond acceptors (Lipinski definition) is 6. The van der Waals surface area contributed by atoms with Crippen LogP contribution in [0.5, 0.6) is 0 Å². The van der Waals surface area contributed by atoms with E-state index in [2.05, 4.69) is 32.4 Å². The summed E-state index contributed by atoms with van der Waals surface area (Å²) in [5.41, 5.74) is 7.32. The summed E-state index contributed by atoms with van der Waals surface area (Å²) >= 11 is 0. The number of nitrogens with two attached hydrogens (primary N) is 1. The van der Waals surface area contributed by atoms with Gasteiger partial charge in [0.05, 0.1) is 18.9 Å². The van der Waals surface area contributed by atoms with E-state index in [-0.39, 0.29) is 11.8 Å². The van der Waals surface area contributed by atoms with Crippen LogP contribution in [0.25, 0.3) is 0 Å². The number of hydrogen-bond donors (Lipinski definition) is 3. The maximum absolute atomic E-state index is 11.9. The number of nitrogens with zero attached hydrogens (tertiary/aromatic N) is 3. The third kappa shape index (κ3) is 6.29. The lowest BCUT2D eigenvalue weighted by molar-refractivity contribution is -0.127. The average molecular weight is 380 g/mol. The number of likely N-dealkylation sites (N-methyl/N-ethyl adjacent to an activating group) is 1. The molecule has 0 aliphatic carbocycles. The maximum Gasteiger partial charge on any atom is 0.242 e. The number of carbonyl (C=O) groups is 2. The molecule has 146 valence electrons. The molecule has 0 bridgehead atoms. The Balaban J connectivity index is 1.97. The molecule has 1 aromatic heterocycles. The number of nitrogens with one attached hydrogen (secondary N) is 2. The second-order valence-electron chi connectivity index (χ2n) is 6.23. The van der Waals surface area contributed by atoms with Crippen molar-refractivity contribution >= 4 is 23.5 Å². The Morgan fingerprint density at radius 1 is 1.21 bits per heavy atom. The minimum Gasteiger partial charge on any atom is -0.382 e. The Hall–Kier alpha value is -3.60. The van der Waals surface area contributed by atoms with Crippen LogP contribution in [0.2, 0.25) is 0 Å². The summed E-state index contributed by atoms with van der Waals surface area (Å²) < 4.78 is 0. The number of rotatable bonds is 6. The summed E-state index contributed by atoms with van der Waals surface area (Å²) in [5, 5.41) is 5.22. The summed E-state index contributed by atoms with van der Waals surface area (Å²) in [6.45, 7) is 1.88. The summed E-state index contributed by atoms with van der Waals surface area (Å²) in [7, 11) is 3.42. The Bertz CT molecular complexity index is 868. The van der Waals surface area contributed by atoms with Crippen molar-refractivity contribution in [3.05, 3.63) is 47.8 Å². The smallest absolute Gasteiger partial charge is 0.242 e. The third-order valence-corrected chi connectivity index (χ3v) is 3.93. The molecule has 8 heteroatoms. The molecule has 1 aromatic carbocycles. The van der Waals surface area contributed by atoms with E-state index in [1.54, 1.807) is 13.2 Å². The molecule has 4 N–H and O–H groups in total. The number of nitrogen functional groups attached to an aromatic ring is 1. The standard InChI is InChI=1S/C20H24N6O2/c1-14(27)25-17(20(28)22-2)11-16-8-6-15(7-9-16)5-4-10-26(3)19-13-23-18(21)12-24-19/h6-9,12-13,17H,10-11H2,1-3H3,(H2,21,23)(H,22,28)(H,25,27). The first-order valence-corrected chi connectivity index (χ1v) is 8.74. The quantitative estimate of drug-likeness (QED) is 0.623. The number of benzene rings is 1. The van der Waals surface area contributed by atoms with E-state index in [4.69, 9.17) is 5.73 Å². The normalized spacial score (nSPS) is 11.0. The second kappa shape index (κ2) is 9.92. The van der Waals surface area contributed by atoms with Gasteiger partial charge in [-0.05, 0) is 17.7 Å². The van der Waals surface area contributed by atoms with Crippen molar-refractivity contribution in [2.45, 2.75) is 19.4 Å². The van der Waals surface area contributed by atoms with Gasteiger partial charge >= 0.3 is 0 Å². The van der Waals surface area contributed by atoms with Crippen molar-refractivity contribution in [3.63, 3.8) is 0 Å². The molecule has 1 atom stereocenters. The molecule has 0 saturated carbocycles. The highest BCUT2D eigenvalue weighted by Crippen LogP contribution is 2.08. The SMILES string of the molecule is CNC(=O)C(Cc1ccc(C#CCN(C)c2cnc(N)cn2)cc1)NC(C)=O. The summed E-state index contributed by atoms with van der Waals surface area (Å²) in [5.74, 6) is 6.77. The molecular weight excluding hydrogens is 356 g/mol. The third-order valence-electron chi connectivity index (χ3n) is 3.93. The number of amides is 2. The van der Waals surface area contributed by atoms with Gasteiger partial charge in [-0.2, -0.15) is 0 Å². The fourth-order valence-electron chi connectivity index (χ4n) is 2.46. The minimum absolute atomic E-state index is 0.229. The van der Waals surface area contributed by atoms with Crippen LogP contribution >= 0.6 is 0 Å². The van der Waals surface area contributed by atoms with E-state index in [0.29, 0.717) is 24.6 Å². The van der Waals surface area contributed by atoms with Gasteiger partial charge in [-0.15, -0.1) is 0 Å².